The molecule has 0 aliphatic carbocycles. The van der Waals surface area contributed by atoms with Crippen LogP contribution in [0.1, 0.15) is 50.0 Å². The van der Waals surface area contributed by atoms with E-state index in [0.29, 0.717) is 5.02 Å². The van der Waals surface area contributed by atoms with Crippen LogP contribution in [-0.2, 0) is 0 Å². The number of hydrogen-bond donors (Lipinski definition) is 1. The van der Waals surface area contributed by atoms with Crippen molar-refractivity contribution >= 4 is 11.6 Å². The van der Waals surface area contributed by atoms with E-state index in [4.69, 9.17) is 11.6 Å². The van der Waals surface area contributed by atoms with Crippen LogP contribution in [0.2, 0.25) is 5.02 Å². The summed E-state index contributed by atoms with van der Waals surface area (Å²) in [6, 6.07) is 3.93. The maximum absolute atomic E-state index is 10.4. The number of halogens is 1. The molecule has 0 fully saturated rings. The number of aryl methyl sites for hydroxylation is 2. The highest BCUT2D eigenvalue weighted by Crippen LogP contribution is 2.39. The quantitative estimate of drug-likeness (QED) is 0.829. The summed E-state index contributed by atoms with van der Waals surface area (Å²) in [5, 5.41) is 11.0. The molecule has 1 nitrogen and oxygen atoms in total. The van der Waals surface area contributed by atoms with E-state index >= 15 is 0 Å². The minimum atomic E-state index is -0.510. The van der Waals surface area contributed by atoms with Gasteiger partial charge in [-0.2, -0.15) is 0 Å². The van der Waals surface area contributed by atoms with Crippen molar-refractivity contribution in [3.8, 4) is 0 Å². The molecule has 0 bridgehead atoms. The third-order valence-electron chi connectivity index (χ3n) is 3.56. The van der Waals surface area contributed by atoms with Crippen LogP contribution >= 0.6 is 11.6 Å². The van der Waals surface area contributed by atoms with Crippen LogP contribution < -0.4 is 0 Å². The van der Waals surface area contributed by atoms with Crippen LogP contribution in [0, 0.1) is 19.3 Å². The molecule has 0 saturated carbocycles. The lowest BCUT2D eigenvalue weighted by atomic mass is 9.80. The second-order valence-electron chi connectivity index (χ2n) is 5.20. The molecule has 1 aromatic carbocycles. The number of aliphatic hydroxyl groups is 1. The second-order valence-corrected chi connectivity index (χ2v) is 5.61. The Balaban J connectivity index is 3.19. The van der Waals surface area contributed by atoms with Gasteiger partial charge in [0.05, 0.1) is 6.10 Å². The minimum Gasteiger partial charge on any atom is -0.388 e. The van der Waals surface area contributed by atoms with Gasteiger partial charge in [0, 0.05) is 5.02 Å². The van der Waals surface area contributed by atoms with E-state index in [-0.39, 0.29) is 5.41 Å². The van der Waals surface area contributed by atoms with Crippen molar-refractivity contribution in [2.24, 2.45) is 5.41 Å². The van der Waals surface area contributed by atoms with E-state index in [1.165, 1.54) is 5.56 Å². The highest BCUT2D eigenvalue weighted by atomic mass is 35.5. The van der Waals surface area contributed by atoms with Gasteiger partial charge < -0.3 is 5.11 Å². The second kappa shape index (κ2) is 4.77. The average molecular weight is 241 g/mol. The van der Waals surface area contributed by atoms with Crippen LogP contribution in [0.5, 0.6) is 0 Å². The molecule has 0 radical (unpaired) electrons. The molecule has 2 heteroatoms. The van der Waals surface area contributed by atoms with Gasteiger partial charge >= 0.3 is 0 Å². The van der Waals surface area contributed by atoms with E-state index in [9.17, 15) is 5.11 Å². The van der Waals surface area contributed by atoms with Crippen molar-refractivity contribution in [1.29, 1.82) is 0 Å². The van der Waals surface area contributed by atoms with Crippen molar-refractivity contribution in [1.82, 2.24) is 0 Å². The lowest BCUT2D eigenvalue weighted by Gasteiger charge is -2.30. The molecule has 1 unspecified atom stereocenters. The Morgan fingerprint density at radius 2 is 1.75 bits per heavy atom. The van der Waals surface area contributed by atoms with Gasteiger partial charge in [-0.05, 0) is 48.4 Å². The van der Waals surface area contributed by atoms with Gasteiger partial charge in [-0.25, -0.2) is 0 Å². The molecule has 0 amide bonds. The molecule has 1 atom stereocenters. The summed E-state index contributed by atoms with van der Waals surface area (Å²) in [5.41, 5.74) is 3.03. The van der Waals surface area contributed by atoms with Gasteiger partial charge in [0.15, 0.2) is 0 Å². The Hall–Kier alpha value is -0.530. The summed E-state index contributed by atoms with van der Waals surface area (Å²) in [5.74, 6) is 0. The maximum atomic E-state index is 10.4. The number of rotatable bonds is 3. The normalized spacial score (nSPS) is 13.9. The Kier molecular flexibility index (Phi) is 4.03. The molecule has 0 spiro atoms. The largest absolute Gasteiger partial charge is 0.388 e. The fourth-order valence-corrected chi connectivity index (χ4v) is 1.95. The molecule has 0 heterocycles. The maximum Gasteiger partial charge on any atom is 0.0855 e. The van der Waals surface area contributed by atoms with E-state index < -0.39 is 6.10 Å². The van der Waals surface area contributed by atoms with Crippen LogP contribution in [-0.4, -0.2) is 5.11 Å². The summed E-state index contributed by atoms with van der Waals surface area (Å²) >= 11 is 6.20. The first-order chi connectivity index (χ1) is 7.29. The summed E-state index contributed by atoms with van der Waals surface area (Å²) in [7, 11) is 0. The minimum absolute atomic E-state index is 0.147. The third kappa shape index (κ3) is 2.58. The van der Waals surface area contributed by atoms with Gasteiger partial charge in [-0.1, -0.05) is 38.4 Å². The molecule has 0 saturated heterocycles. The zero-order chi connectivity index (χ0) is 12.5. The van der Waals surface area contributed by atoms with Crippen LogP contribution in [0.3, 0.4) is 0 Å². The molecule has 1 aromatic rings. The van der Waals surface area contributed by atoms with Crippen molar-refractivity contribution in [2.45, 2.75) is 47.1 Å². The molecule has 0 aromatic heterocycles. The number of benzene rings is 1. The summed E-state index contributed by atoms with van der Waals surface area (Å²) in [6.07, 6.45) is 0.404. The topological polar surface area (TPSA) is 20.2 Å². The molecule has 90 valence electrons. The Bertz CT molecular complexity index is 383. The van der Waals surface area contributed by atoms with Gasteiger partial charge in [-0.15, -0.1) is 0 Å². The Labute approximate surface area is 103 Å². The first kappa shape index (κ1) is 13.5. The number of hydrogen-bond acceptors (Lipinski definition) is 1. The molecule has 0 aliphatic rings. The van der Waals surface area contributed by atoms with Crippen LogP contribution in [0.25, 0.3) is 0 Å². The average Bonchev–Trinajstić information content (AvgIpc) is 2.22. The first-order valence-electron chi connectivity index (χ1n) is 5.74. The standard InChI is InChI=1S/C14H21ClO/c1-6-14(4,5)13(16)11-7-9(2)10(3)8-12(11)15/h7-8,13,16H,6H2,1-5H3. The Morgan fingerprint density at radius 3 is 2.25 bits per heavy atom. The van der Waals surface area contributed by atoms with Crippen LogP contribution in [0.4, 0.5) is 0 Å². The van der Waals surface area contributed by atoms with E-state index in [1.807, 2.05) is 26.0 Å². The molecular formula is C14H21ClO. The fraction of sp³-hybridized carbons (Fsp3) is 0.571. The van der Waals surface area contributed by atoms with Gasteiger partial charge in [-0.3, -0.25) is 0 Å². The third-order valence-corrected chi connectivity index (χ3v) is 3.89. The summed E-state index contributed by atoms with van der Waals surface area (Å²) in [6.45, 7) is 10.3. The van der Waals surface area contributed by atoms with Gasteiger partial charge in [0.25, 0.3) is 0 Å². The van der Waals surface area contributed by atoms with Crippen molar-refractivity contribution in [3.63, 3.8) is 0 Å². The zero-order valence-corrected chi connectivity index (χ0v) is 11.5. The Morgan fingerprint density at radius 1 is 1.25 bits per heavy atom. The molecular weight excluding hydrogens is 220 g/mol. The van der Waals surface area contributed by atoms with Crippen molar-refractivity contribution < 1.29 is 5.11 Å². The molecule has 1 rings (SSSR count). The predicted molar refractivity (Wildman–Crippen MR) is 70.0 cm³/mol. The van der Waals surface area contributed by atoms with Crippen molar-refractivity contribution in [2.75, 3.05) is 0 Å². The lowest BCUT2D eigenvalue weighted by molar-refractivity contribution is 0.0466. The predicted octanol–water partition coefficient (Wildman–Crippen LogP) is 4.43. The summed E-state index contributed by atoms with van der Waals surface area (Å²) in [4.78, 5) is 0. The highest BCUT2D eigenvalue weighted by Gasteiger charge is 2.28. The van der Waals surface area contributed by atoms with E-state index in [1.54, 1.807) is 0 Å². The monoisotopic (exact) mass is 240 g/mol. The zero-order valence-electron chi connectivity index (χ0n) is 10.8. The molecule has 0 aliphatic heterocycles. The lowest BCUT2D eigenvalue weighted by Crippen LogP contribution is -2.21. The highest BCUT2D eigenvalue weighted by molar-refractivity contribution is 6.31. The van der Waals surface area contributed by atoms with Crippen LogP contribution in [0.15, 0.2) is 12.1 Å². The van der Waals surface area contributed by atoms with Gasteiger partial charge in [0.2, 0.25) is 0 Å². The molecule has 1 N–H and O–H groups in total. The van der Waals surface area contributed by atoms with E-state index in [0.717, 1.165) is 17.5 Å². The molecule has 16 heavy (non-hydrogen) atoms. The van der Waals surface area contributed by atoms with Crippen molar-refractivity contribution in [3.05, 3.63) is 33.8 Å². The SMILES string of the molecule is CCC(C)(C)C(O)c1cc(C)c(C)cc1Cl. The van der Waals surface area contributed by atoms with E-state index in [2.05, 4.69) is 20.8 Å². The number of aliphatic hydroxyl groups excluding tert-OH is 1. The fourth-order valence-electron chi connectivity index (χ4n) is 1.63. The first-order valence-corrected chi connectivity index (χ1v) is 6.12. The van der Waals surface area contributed by atoms with Gasteiger partial charge in [0.1, 0.15) is 0 Å². The smallest absolute Gasteiger partial charge is 0.0855 e. The summed E-state index contributed by atoms with van der Waals surface area (Å²) < 4.78 is 0.